The van der Waals surface area contributed by atoms with Gasteiger partial charge in [-0.25, -0.2) is 0 Å². The van der Waals surface area contributed by atoms with E-state index in [0.29, 0.717) is 0 Å². The number of carbonyl (C=O) groups is 2. The Labute approximate surface area is 155 Å². The summed E-state index contributed by atoms with van der Waals surface area (Å²) >= 11 is 0. The molecule has 2 aromatic rings. The van der Waals surface area contributed by atoms with Crippen molar-refractivity contribution >= 4 is 17.6 Å². The molecule has 1 amide bonds. The van der Waals surface area contributed by atoms with Crippen LogP contribution >= 0.6 is 0 Å². The summed E-state index contributed by atoms with van der Waals surface area (Å²) < 4.78 is 9.58. The van der Waals surface area contributed by atoms with Crippen molar-refractivity contribution < 1.29 is 24.0 Å². The number of carbonyl (C=O) groups excluding carboxylic acids is 2. The largest absolute Gasteiger partial charge is 0.490 e. The van der Waals surface area contributed by atoms with E-state index in [1.54, 1.807) is 24.5 Å². The van der Waals surface area contributed by atoms with Crippen LogP contribution in [0, 0.1) is 10.1 Å². The second-order valence-corrected chi connectivity index (χ2v) is 5.55. The van der Waals surface area contributed by atoms with Crippen LogP contribution in [0.5, 0.6) is 5.75 Å². The summed E-state index contributed by atoms with van der Waals surface area (Å²) in [5.41, 5.74) is 0.632. The predicted octanol–water partition coefficient (Wildman–Crippen LogP) is 2.20. The van der Waals surface area contributed by atoms with Crippen LogP contribution in [0.3, 0.4) is 0 Å². The number of amides is 1. The minimum Gasteiger partial charge on any atom is -0.490 e. The molecule has 0 atom stereocenters. The molecule has 9 heteroatoms. The molecule has 9 nitrogen and oxygen atoms in total. The topological polar surface area (TPSA) is 112 Å². The highest BCUT2D eigenvalue weighted by Gasteiger charge is 2.22. The molecule has 0 aliphatic rings. The average Bonchev–Trinajstić information content (AvgIpc) is 2.70. The van der Waals surface area contributed by atoms with Crippen molar-refractivity contribution in [1.82, 2.24) is 9.88 Å². The molecular weight excluding hydrogens is 354 g/mol. The Morgan fingerprint density at radius 1 is 1.19 bits per heavy atom. The first-order valence-corrected chi connectivity index (χ1v) is 8.03. The molecule has 1 aromatic carbocycles. The number of nitro groups is 1. The van der Waals surface area contributed by atoms with Gasteiger partial charge in [-0.3, -0.25) is 24.7 Å². The number of ether oxygens (including phenoxy) is 2. The molecular formula is C18H19N3O6. The molecule has 0 radical (unpaired) electrons. The lowest BCUT2D eigenvalue weighted by atomic mass is 10.1. The fourth-order valence-corrected chi connectivity index (χ4v) is 2.44. The second kappa shape index (κ2) is 9.27. The lowest BCUT2D eigenvalue weighted by Gasteiger charge is -2.22. The van der Waals surface area contributed by atoms with Gasteiger partial charge >= 0.3 is 11.7 Å². The van der Waals surface area contributed by atoms with Crippen molar-refractivity contribution in [3.8, 4) is 5.75 Å². The summed E-state index contributed by atoms with van der Waals surface area (Å²) in [5, 5.41) is 11.2. The van der Waals surface area contributed by atoms with Crippen LogP contribution in [0.25, 0.3) is 0 Å². The Bertz CT molecular complexity index is 825. The molecule has 0 aliphatic heterocycles. The van der Waals surface area contributed by atoms with Crippen molar-refractivity contribution in [3.05, 3.63) is 64.0 Å². The zero-order valence-corrected chi connectivity index (χ0v) is 15.0. The van der Waals surface area contributed by atoms with Gasteiger partial charge in [0.15, 0.2) is 5.75 Å². The second-order valence-electron chi connectivity index (χ2n) is 5.55. The van der Waals surface area contributed by atoms with Gasteiger partial charge in [-0.15, -0.1) is 0 Å². The van der Waals surface area contributed by atoms with Gasteiger partial charge in [0.1, 0.15) is 0 Å². The molecule has 1 heterocycles. The Kier molecular flexibility index (Phi) is 6.81. The van der Waals surface area contributed by atoms with Gasteiger partial charge in [-0.2, -0.15) is 0 Å². The Morgan fingerprint density at radius 3 is 2.48 bits per heavy atom. The first-order valence-electron chi connectivity index (χ1n) is 8.03. The van der Waals surface area contributed by atoms with Gasteiger partial charge in [-0.1, -0.05) is 0 Å². The van der Waals surface area contributed by atoms with Crippen LogP contribution in [-0.4, -0.2) is 47.4 Å². The summed E-state index contributed by atoms with van der Waals surface area (Å²) in [4.78, 5) is 40.3. The summed E-state index contributed by atoms with van der Waals surface area (Å²) in [6, 6.07) is 7.48. The molecule has 0 saturated heterocycles. The van der Waals surface area contributed by atoms with Gasteiger partial charge in [0.2, 0.25) is 0 Å². The number of pyridine rings is 1. The molecule has 0 fully saturated rings. The molecule has 0 saturated carbocycles. The first kappa shape index (κ1) is 19.8. The Balaban J connectivity index is 2.30. The maximum Gasteiger partial charge on any atom is 0.311 e. The number of esters is 1. The minimum atomic E-state index is -0.614. The van der Waals surface area contributed by atoms with Crippen LogP contribution in [0.4, 0.5) is 5.69 Å². The van der Waals surface area contributed by atoms with Crippen LogP contribution in [-0.2, 0) is 16.1 Å². The third kappa shape index (κ3) is 5.24. The van der Waals surface area contributed by atoms with E-state index >= 15 is 0 Å². The van der Waals surface area contributed by atoms with E-state index in [-0.39, 0.29) is 36.5 Å². The standard InChI is InChI=1S/C18H19N3O6/c1-26-16-4-3-14(11-15(16)21(24)25)18(23)20(10-7-17(22)27-2)12-13-5-8-19-9-6-13/h3-6,8-9,11H,7,10,12H2,1-2H3. The number of methoxy groups -OCH3 is 2. The lowest BCUT2D eigenvalue weighted by Crippen LogP contribution is -2.32. The van der Waals surface area contributed by atoms with Crippen LogP contribution in [0.2, 0.25) is 0 Å². The number of nitrogens with zero attached hydrogens (tertiary/aromatic N) is 3. The minimum absolute atomic E-state index is 0.00553. The van der Waals surface area contributed by atoms with E-state index in [1.807, 2.05) is 0 Å². The van der Waals surface area contributed by atoms with Crippen molar-refractivity contribution in [1.29, 1.82) is 0 Å². The zero-order chi connectivity index (χ0) is 19.8. The van der Waals surface area contributed by atoms with Crippen molar-refractivity contribution in [2.24, 2.45) is 0 Å². The van der Waals surface area contributed by atoms with Crippen LogP contribution < -0.4 is 4.74 Å². The highest BCUT2D eigenvalue weighted by molar-refractivity contribution is 5.95. The average molecular weight is 373 g/mol. The molecule has 1 aromatic heterocycles. The molecule has 0 aliphatic carbocycles. The van der Waals surface area contributed by atoms with Gasteiger partial charge in [0, 0.05) is 37.1 Å². The fourth-order valence-electron chi connectivity index (χ4n) is 2.44. The smallest absolute Gasteiger partial charge is 0.311 e. The fraction of sp³-hybridized carbons (Fsp3) is 0.278. The number of rotatable bonds is 8. The number of hydrogen-bond donors (Lipinski definition) is 0. The maximum absolute atomic E-state index is 12.9. The maximum atomic E-state index is 12.9. The molecule has 142 valence electrons. The van der Waals surface area contributed by atoms with E-state index in [1.165, 1.54) is 37.3 Å². The molecule has 0 unspecified atom stereocenters. The van der Waals surface area contributed by atoms with Crippen molar-refractivity contribution in [2.45, 2.75) is 13.0 Å². The van der Waals surface area contributed by atoms with Gasteiger partial charge in [0.05, 0.1) is 25.6 Å². The number of aromatic nitrogens is 1. The monoisotopic (exact) mass is 373 g/mol. The molecule has 0 bridgehead atoms. The molecule has 2 rings (SSSR count). The summed E-state index contributed by atoms with van der Waals surface area (Å²) in [7, 11) is 2.58. The number of benzene rings is 1. The number of nitro benzene ring substituents is 1. The summed E-state index contributed by atoms with van der Waals surface area (Å²) in [5.74, 6) is -0.837. The third-order valence-corrected chi connectivity index (χ3v) is 3.85. The van der Waals surface area contributed by atoms with E-state index in [0.717, 1.165) is 5.56 Å². The van der Waals surface area contributed by atoms with E-state index in [9.17, 15) is 19.7 Å². The normalized spacial score (nSPS) is 10.1. The molecule has 0 spiro atoms. The highest BCUT2D eigenvalue weighted by Crippen LogP contribution is 2.28. The van der Waals surface area contributed by atoms with Gasteiger partial charge in [0.25, 0.3) is 5.91 Å². The Morgan fingerprint density at radius 2 is 1.89 bits per heavy atom. The quantitative estimate of drug-likeness (QED) is 0.396. The lowest BCUT2D eigenvalue weighted by molar-refractivity contribution is -0.385. The Hall–Kier alpha value is -3.49. The molecule has 0 N–H and O–H groups in total. The van der Waals surface area contributed by atoms with E-state index in [4.69, 9.17) is 4.74 Å². The SMILES string of the molecule is COC(=O)CCN(Cc1ccncc1)C(=O)c1ccc(OC)c([N+](=O)[O-])c1. The van der Waals surface area contributed by atoms with Gasteiger partial charge < -0.3 is 14.4 Å². The van der Waals surface area contributed by atoms with E-state index in [2.05, 4.69) is 9.72 Å². The third-order valence-electron chi connectivity index (χ3n) is 3.85. The van der Waals surface area contributed by atoms with Crippen LogP contribution in [0.1, 0.15) is 22.3 Å². The number of hydrogen-bond acceptors (Lipinski definition) is 7. The molecule has 27 heavy (non-hydrogen) atoms. The van der Waals surface area contributed by atoms with Crippen molar-refractivity contribution in [3.63, 3.8) is 0 Å². The zero-order valence-electron chi connectivity index (χ0n) is 15.0. The van der Waals surface area contributed by atoms with E-state index < -0.39 is 16.8 Å². The van der Waals surface area contributed by atoms with Gasteiger partial charge in [-0.05, 0) is 29.8 Å². The van der Waals surface area contributed by atoms with Crippen LogP contribution in [0.15, 0.2) is 42.7 Å². The summed E-state index contributed by atoms with van der Waals surface area (Å²) in [6.45, 7) is 0.325. The highest BCUT2D eigenvalue weighted by atomic mass is 16.6. The summed E-state index contributed by atoms with van der Waals surface area (Å²) in [6.07, 6.45) is 3.19. The first-order chi connectivity index (χ1) is 13.0. The van der Waals surface area contributed by atoms with Crippen molar-refractivity contribution in [2.75, 3.05) is 20.8 Å². The predicted molar refractivity (Wildman–Crippen MR) is 95.3 cm³/mol.